The number of amides is 1. The third-order valence-electron chi connectivity index (χ3n) is 5.59. The van der Waals surface area contributed by atoms with E-state index in [1.165, 1.54) is 0 Å². The Hall–Kier alpha value is -2.95. The summed E-state index contributed by atoms with van der Waals surface area (Å²) in [6.07, 6.45) is 1.04. The molecule has 4 heteroatoms. The van der Waals surface area contributed by atoms with Crippen LogP contribution in [0.25, 0.3) is 0 Å². The molecule has 4 nitrogen and oxygen atoms in total. The van der Waals surface area contributed by atoms with E-state index in [0.717, 1.165) is 16.7 Å². The zero-order chi connectivity index (χ0) is 22.3. The minimum Gasteiger partial charge on any atom is -0.378 e. The van der Waals surface area contributed by atoms with Crippen LogP contribution in [0.3, 0.4) is 0 Å². The predicted molar refractivity (Wildman–Crippen MR) is 125 cm³/mol. The molecule has 0 saturated heterocycles. The summed E-state index contributed by atoms with van der Waals surface area (Å²) in [5, 5.41) is 15.3. The molecule has 31 heavy (non-hydrogen) atoms. The van der Waals surface area contributed by atoms with Crippen LogP contribution in [0, 0.1) is 5.92 Å². The lowest BCUT2D eigenvalue weighted by Crippen LogP contribution is -2.56. The first-order valence-corrected chi connectivity index (χ1v) is 10.8. The van der Waals surface area contributed by atoms with E-state index in [4.69, 9.17) is 5.73 Å². The van der Waals surface area contributed by atoms with Gasteiger partial charge in [-0.25, -0.2) is 0 Å². The van der Waals surface area contributed by atoms with E-state index in [2.05, 4.69) is 5.32 Å². The van der Waals surface area contributed by atoms with Crippen LogP contribution in [0.15, 0.2) is 91.0 Å². The summed E-state index contributed by atoms with van der Waals surface area (Å²) in [4.78, 5) is 13.0. The number of aliphatic hydroxyl groups is 1. The molecule has 0 saturated carbocycles. The van der Waals surface area contributed by atoms with Gasteiger partial charge in [0.25, 0.3) is 0 Å². The number of carbonyl (C=O) groups excluding carboxylic acids is 1. The summed E-state index contributed by atoms with van der Waals surface area (Å²) < 4.78 is 0. The topological polar surface area (TPSA) is 75.4 Å². The summed E-state index contributed by atoms with van der Waals surface area (Å²) in [5.74, 6) is 0.0513. The molecule has 0 unspecified atom stereocenters. The van der Waals surface area contributed by atoms with Gasteiger partial charge in [0.15, 0.2) is 0 Å². The Morgan fingerprint density at radius 3 is 1.77 bits per heavy atom. The molecule has 3 aromatic carbocycles. The third kappa shape index (κ3) is 5.60. The lowest BCUT2D eigenvalue weighted by molar-refractivity contribution is -0.125. The molecule has 162 valence electrons. The first-order valence-electron chi connectivity index (χ1n) is 10.8. The maximum atomic E-state index is 13.0. The van der Waals surface area contributed by atoms with Gasteiger partial charge in [-0.2, -0.15) is 0 Å². The van der Waals surface area contributed by atoms with Crippen molar-refractivity contribution in [3.8, 4) is 0 Å². The smallest absolute Gasteiger partial charge is 0.237 e. The second-order valence-electron chi connectivity index (χ2n) is 8.49. The van der Waals surface area contributed by atoms with Crippen molar-refractivity contribution in [2.75, 3.05) is 0 Å². The van der Waals surface area contributed by atoms with Crippen LogP contribution in [0.1, 0.15) is 37.0 Å². The van der Waals surface area contributed by atoms with Gasteiger partial charge in [0.1, 0.15) is 5.60 Å². The van der Waals surface area contributed by atoms with Crippen LogP contribution in [-0.2, 0) is 16.8 Å². The maximum Gasteiger partial charge on any atom is 0.237 e. The Morgan fingerprint density at radius 2 is 1.32 bits per heavy atom. The molecule has 0 spiro atoms. The molecule has 0 bridgehead atoms. The maximum absolute atomic E-state index is 13.0. The average molecular weight is 417 g/mol. The van der Waals surface area contributed by atoms with Gasteiger partial charge in [-0.1, -0.05) is 105 Å². The second kappa shape index (κ2) is 10.4. The number of nitrogens with one attached hydrogen (secondary N) is 1. The summed E-state index contributed by atoms with van der Waals surface area (Å²) in [7, 11) is 0. The highest BCUT2D eigenvalue weighted by molar-refractivity contribution is 5.82. The molecule has 0 aromatic heterocycles. The first kappa shape index (κ1) is 22.7. The Labute approximate surface area is 185 Å². The van der Waals surface area contributed by atoms with E-state index in [1.807, 2.05) is 105 Å². The lowest BCUT2D eigenvalue weighted by atomic mass is 9.77. The minimum atomic E-state index is -1.43. The number of benzene rings is 3. The van der Waals surface area contributed by atoms with Crippen molar-refractivity contribution in [3.05, 3.63) is 108 Å². The van der Waals surface area contributed by atoms with Crippen molar-refractivity contribution in [1.82, 2.24) is 5.32 Å². The molecular formula is C27H32N2O2. The number of nitrogens with two attached hydrogens (primary N) is 1. The zero-order valence-electron chi connectivity index (χ0n) is 18.2. The number of rotatable bonds is 9. The van der Waals surface area contributed by atoms with E-state index in [9.17, 15) is 9.90 Å². The van der Waals surface area contributed by atoms with E-state index in [1.54, 1.807) is 0 Å². The van der Waals surface area contributed by atoms with Crippen molar-refractivity contribution in [1.29, 1.82) is 0 Å². The zero-order valence-corrected chi connectivity index (χ0v) is 18.2. The van der Waals surface area contributed by atoms with E-state index < -0.39 is 17.7 Å². The van der Waals surface area contributed by atoms with Crippen molar-refractivity contribution in [2.45, 2.75) is 44.4 Å². The molecule has 3 aromatic rings. The van der Waals surface area contributed by atoms with Crippen LogP contribution >= 0.6 is 0 Å². The monoisotopic (exact) mass is 416 g/mol. The van der Waals surface area contributed by atoms with Crippen molar-refractivity contribution >= 4 is 5.91 Å². The van der Waals surface area contributed by atoms with Crippen LogP contribution in [-0.4, -0.2) is 23.1 Å². The first-order chi connectivity index (χ1) is 14.9. The van der Waals surface area contributed by atoms with Gasteiger partial charge < -0.3 is 16.2 Å². The predicted octanol–water partition coefficient (Wildman–Crippen LogP) is 4.02. The Morgan fingerprint density at radius 1 is 0.871 bits per heavy atom. The third-order valence-corrected chi connectivity index (χ3v) is 5.59. The number of carbonyl (C=O) groups is 1. The standard InChI is InChI=1S/C27H32N2O2/c1-20(2)18-24(28)26(30)29-25(19-21-12-6-3-7-13-21)27(31,22-14-8-4-9-15-22)23-16-10-5-11-17-23/h3-17,20,24-25,31H,18-19,28H2,1-2H3,(H,29,30)/t24-,25-/m0/s1. The lowest BCUT2D eigenvalue weighted by Gasteiger charge is -2.38. The fourth-order valence-corrected chi connectivity index (χ4v) is 4.00. The molecule has 3 rings (SSSR count). The van der Waals surface area contributed by atoms with E-state index >= 15 is 0 Å². The van der Waals surface area contributed by atoms with Gasteiger partial charge in [-0.15, -0.1) is 0 Å². The van der Waals surface area contributed by atoms with Crippen molar-refractivity contribution in [3.63, 3.8) is 0 Å². The molecule has 4 N–H and O–H groups in total. The normalized spacial score (nSPS) is 13.6. The quantitative estimate of drug-likeness (QED) is 0.493. The molecule has 0 aliphatic carbocycles. The molecule has 0 aliphatic heterocycles. The highest BCUT2D eigenvalue weighted by Gasteiger charge is 2.41. The summed E-state index contributed by atoms with van der Waals surface area (Å²) in [6, 6.07) is 27.6. The summed E-state index contributed by atoms with van der Waals surface area (Å²) in [5.41, 5.74) is 7.23. The largest absolute Gasteiger partial charge is 0.378 e. The van der Waals surface area contributed by atoms with Crippen LogP contribution in [0.2, 0.25) is 0 Å². The number of hydrogen-bond acceptors (Lipinski definition) is 3. The van der Waals surface area contributed by atoms with Crippen LogP contribution in [0.5, 0.6) is 0 Å². The summed E-state index contributed by atoms with van der Waals surface area (Å²) in [6.45, 7) is 4.08. The van der Waals surface area contributed by atoms with Crippen LogP contribution < -0.4 is 11.1 Å². The minimum absolute atomic E-state index is 0.250. The molecular weight excluding hydrogens is 384 g/mol. The highest BCUT2D eigenvalue weighted by atomic mass is 16.3. The molecule has 1 amide bonds. The molecule has 0 aliphatic rings. The van der Waals surface area contributed by atoms with Gasteiger partial charge in [0.05, 0.1) is 12.1 Å². The Kier molecular flexibility index (Phi) is 7.61. The molecule has 0 radical (unpaired) electrons. The molecule has 2 atom stereocenters. The van der Waals surface area contributed by atoms with Crippen molar-refractivity contribution < 1.29 is 9.90 Å². The van der Waals surface area contributed by atoms with Gasteiger partial charge in [0.2, 0.25) is 5.91 Å². The Bertz CT molecular complexity index is 903. The molecule has 0 heterocycles. The van der Waals surface area contributed by atoms with Crippen molar-refractivity contribution in [2.24, 2.45) is 11.7 Å². The van der Waals surface area contributed by atoms with Gasteiger partial charge >= 0.3 is 0 Å². The fraction of sp³-hybridized carbons (Fsp3) is 0.296. The van der Waals surface area contributed by atoms with E-state index in [0.29, 0.717) is 18.8 Å². The second-order valence-corrected chi connectivity index (χ2v) is 8.49. The molecule has 0 fully saturated rings. The average Bonchev–Trinajstić information content (AvgIpc) is 2.79. The van der Waals surface area contributed by atoms with E-state index in [-0.39, 0.29) is 5.91 Å². The summed E-state index contributed by atoms with van der Waals surface area (Å²) >= 11 is 0. The Balaban J connectivity index is 2.05. The number of hydrogen-bond donors (Lipinski definition) is 3. The fourth-order valence-electron chi connectivity index (χ4n) is 4.00. The van der Waals surface area contributed by atoms with Gasteiger partial charge in [0, 0.05) is 0 Å². The SMILES string of the molecule is CC(C)C[C@H](N)C(=O)N[C@@H](Cc1ccccc1)C(O)(c1ccccc1)c1ccccc1. The van der Waals surface area contributed by atoms with Gasteiger partial charge in [-0.05, 0) is 35.4 Å². The van der Waals surface area contributed by atoms with Crippen LogP contribution in [0.4, 0.5) is 0 Å². The highest BCUT2D eigenvalue weighted by Crippen LogP contribution is 2.34. The van der Waals surface area contributed by atoms with Gasteiger partial charge in [-0.3, -0.25) is 4.79 Å².